The average molecular weight is 752 g/mol. The Balaban J connectivity index is 0.000000159. The van der Waals surface area contributed by atoms with Gasteiger partial charge in [-0.05, 0) is 95.8 Å². The molecule has 1 N–H and O–H groups in total. The van der Waals surface area contributed by atoms with Gasteiger partial charge in [0.1, 0.15) is 11.6 Å². The molecule has 0 aliphatic heterocycles. The molecule has 254 valence electrons. The predicted molar refractivity (Wildman–Crippen MR) is 205 cm³/mol. The third-order valence-electron chi connectivity index (χ3n) is 8.41. The zero-order chi connectivity index (χ0) is 35.5. The van der Waals surface area contributed by atoms with Gasteiger partial charge in [0.05, 0.1) is 40.3 Å². The van der Waals surface area contributed by atoms with Crippen LogP contribution in [0.2, 0.25) is 10.0 Å². The fraction of sp³-hybridized carbons (Fsp3) is 0.0769. The predicted octanol–water partition coefficient (Wildman–Crippen LogP) is 10.1. The normalized spacial score (nSPS) is 11.0. The van der Waals surface area contributed by atoms with Gasteiger partial charge in [0.2, 0.25) is 0 Å². The van der Waals surface area contributed by atoms with Gasteiger partial charge in [-0.25, -0.2) is 19.6 Å². The van der Waals surface area contributed by atoms with E-state index in [0.29, 0.717) is 28.5 Å². The smallest absolute Gasteiger partial charge is 0.338 e. The summed E-state index contributed by atoms with van der Waals surface area (Å²) in [5.74, 6) is 0.480. The number of methoxy groups -OCH3 is 1. The molecular weight excluding hydrogens is 723 g/mol. The van der Waals surface area contributed by atoms with Crippen LogP contribution in [0.5, 0.6) is 0 Å². The number of fused-ring (bicyclic) bond motifs is 2. The maximum absolute atomic E-state index is 12.0. The molecule has 8 rings (SSSR count). The summed E-state index contributed by atoms with van der Waals surface area (Å²) in [7, 11) is 1.38. The minimum Gasteiger partial charge on any atom is -0.478 e. The van der Waals surface area contributed by atoms with Crippen LogP contribution in [-0.2, 0) is 17.6 Å². The number of aromatic nitrogens is 4. The summed E-state index contributed by atoms with van der Waals surface area (Å²) >= 11 is 15.1. The number of rotatable bonds is 8. The first-order valence-electron chi connectivity index (χ1n) is 15.6. The minimum atomic E-state index is -0.965. The van der Waals surface area contributed by atoms with E-state index >= 15 is 0 Å². The van der Waals surface area contributed by atoms with Gasteiger partial charge in [0.25, 0.3) is 0 Å². The number of nitrogens with zero attached hydrogens (tertiary/aromatic N) is 4. The number of hydrogen-bond acceptors (Lipinski definition) is 7. The van der Waals surface area contributed by atoms with Gasteiger partial charge in [-0.3, -0.25) is 0 Å². The molecule has 51 heavy (non-hydrogen) atoms. The topological polar surface area (TPSA) is 99.2 Å². The lowest BCUT2D eigenvalue weighted by Gasteiger charge is -2.09. The second kappa shape index (κ2) is 14.9. The molecule has 0 spiro atoms. The van der Waals surface area contributed by atoms with Crippen molar-refractivity contribution in [1.82, 2.24) is 19.1 Å². The molecule has 8 nitrogen and oxygen atoms in total. The second-order valence-corrected chi connectivity index (χ2v) is 13.9. The van der Waals surface area contributed by atoms with Gasteiger partial charge in [-0.1, -0.05) is 47.5 Å². The maximum Gasteiger partial charge on any atom is 0.338 e. The lowest BCUT2D eigenvalue weighted by atomic mass is 9.99. The van der Waals surface area contributed by atoms with Gasteiger partial charge in [0.15, 0.2) is 0 Å². The summed E-state index contributed by atoms with van der Waals surface area (Å²) in [5, 5.41) is 16.6. The molecule has 4 heterocycles. The molecule has 12 heteroatoms. The number of benzene rings is 4. The van der Waals surface area contributed by atoms with Gasteiger partial charge >= 0.3 is 11.9 Å². The van der Waals surface area contributed by atoms with Crippen LogP contribution >= 0.6 is 45.9 Å². The SMILES string of the molecule is COC(=O)c1cc(Cl)ccc1Cc1ccc2c(ccn2-c2cscn2)c1.O=C(O)c1cc(Cl)ccc1Cc1ccc2c(ccn2-c2cscn2)c1. The molecule has 0 fully saturated rings. The van der Waals surface area contributed by atoms with Crippen LogP contribution in [0.4, 0.5) is 0 Å². The number of carbonyl (C=O) groups is 2. The molecule has 0 radical (unpaired) electrons. The van der Waals surface area contributed by atoms with E-state index in [-0.39, 0.29) is 11.5 Å². The second-order valence-electron chi connectivity index (χ2n) is 11.6. The van der Waals surface area contributed by atoms with Crippen molar-refractivity contribution in [2.75, 3.05) is 7.11 Å². The first kappa shape index (κ1) is 34.2. The third kappa shape index (κ3) is 7.45. The Morgan fingerprint density at radius 1 is 0.686 bits per heavy atom. The van der Waals surface area contributed by atoms with E-state index in [9.17, 15) is 14.7 Å². The number of carboxylic acids is 1. The summed E-state index contributed by atoms with van der Waals surface area (Å²) < 4.78 is 8.99. The van der Waals surface area contributed by atoms with Crippen LogP contribution in [-0.4, -0.2) is 43.3 Å². The number of ether oxygens (including phenoxy) is 1. The molecule has 0 amide bonds. The highest BCUT2D eigenvalue weighted by Gasteiger charge is 2.15. The standard InChI is InChI=1S/C20H15ClN2O2S.C19H13ClN2O2S/c1-25-20(24)17-10-16(21)4-3-14(17)8-13-2-5-18-15(9-13)6-7-23(18)19-11-26-12-22-19;20-15-3-2-13(16(9-15)19(23)24)7-12-1-4-17-14(8-12)5-6-22(17)18-10-25-11-21-18/h2-7,9-12H,8H2,1H3;1-6,8-11H,7H2,(H,23,24). The van der Waals surface area contributed by atoms with E-state index in [4.69, 9.17) is 27.9 Å². The number of carboxylic acid groups (broad SMARTS) is 1. The molecule has 0 atom stereocenters. The summed E-state index contributed by atoms with van der Waals surface area (Å²) in [6.07, 6.45) is 5.18. The number of halogens is 2. The van der Waals surface area contributed by atoms with Gasteiger partial charge in [-0.15, -0.1) is 22.7 Å². The highest BCUT2D eigenvalue weighted by Crippen LogP contribution is 2.27. The van der Waals surface area contributed by atoms with Crippen LogP contribution in [0.25, 0.3) is 33.4 Å². The van der Waals surface area contributed by atoms with Crippen LogP contribution in [0, 0.1) is 0 Å². The zero-order valence-corrected chi connectivity index (χ0v) is 30.1. The number of esters is 1. The maximum atomic E-state index is 12.0. The van der Waals surface area contributed by atoms with Crippen molar-refractivity contribution in [3.8, 4) is 11.6 Å². The number of carbonyl (C=O) groups excluding carboxylic acids is 1. The first-order chi connectivity index (χ1) is 24.8. The lowest BCUT2D eigenvalue weighted by Crippen LogP contribution is -2.06. The molecular formula is C39H28Cl2N4O4S2. The van der Waals surface area contributed by atoms with Crippen LogP contribution in [0.1, 0.15) is 43.0 Å². The number of thiazole rings is 2. The molecule has 0 saturated heterocycles. The Labute approximate surface area is 310 Å². The summed E-state index contributed by atoms with van der Waals surface area (Å²) in [6.45, 7) is 0. The monoisotopic (exact) mass is 750 g/mol. The van der Waals surface area contributed by atoms with E-state index in [1.54, 1.807) is 46.9 Å². The molecule has 0 aliphatic rings. The van der Waals surface area contributed by atoms with E-state index in [1.807, 2.05) is 63.0 Å². The van der Waals surface area contributed by atoms with Crippen molar-refractivity contribution in [3.05, 3.63) is 163 Å². The van der Waals surface area contributed by atoms with Crippen LogP contribution < -0.4 is 0 Å². The Bertz CT molecular complexity index is 2510. The molecule has 4 aromatic heterocycles. The Morgan fingerprint density at radius 3 is 1.63 bits per heavy atom. The highest BCUT2D eigenvalue weighted by atomic mass is 35.5. The summed E-state index contributed by atoms with van der Waals surface area (Å²) in [4.78, 5) is 32.2. The van der Waals surface area contributed by atoms with E-state index in [0.717, 1.165) is 55.7 Å². The van der Waals surface area contributed by atoms with E-state index in [1.165, 1.54) is 13.2 Å². The fourth-order valence-electron chi connectivity index (χ4n) is 6.00. The minimum absolute atomic E-state index is 0.243. The van der Waals surface area contributed by atoms with Crippen molar-refractivity contribution in [3.63, 3.8) is 0 Å². The quantitative estimate of drug-likeness (QED) is 0.155. The average Bonchev–Trinajstić information content (AvgIpc) is 3.96. The molecule has 0 bridgehead atoms. The van der Waals surface area contributed by atoms with Crippen molar-refractivity contribution >= 4 is 79.6 Å². The van der Waals surface area contributed by atoms with Gasteiger partial charge in [-0.2, -0.15) is 0 Å². The fourth-order valence-corrected chi connectivity index (χ4v) is 7.39. The van der Waals surface area contributed by atoms with Crippen molar-refractivity contribution < 1.29 is 19.4 Å². The van der Waals surface area contributed by atoms with Gasteiger partial charge < -0.3 is 19.0 Å². The summed E-state index contributed by atoms with van der Waals surface area (Å²) in [5.41, 5.74) is 10.3. The van der Waals surface area contributed by atoms with E-state index in [2.05, 4.69) is 44.9 Å². The molecule has 0 saturated carbocycles. The largest absolute Gasteiger partial charge is 0.478 e. The summed E-state index contributed by atoms with van der Waals surface area (Å²) in [6, 6.07) is 26.9. The van der Waals surface area contributed by atoms with Crippen LogP contribution in [0.3, 0.4) is 0 Å². The first-order valence-corrected chi connectivity index (χ1v) is 18.3. The number of aromatic carboxylic acids is 1. The zero-order valence-electron chi connectivity index (χ0n) is 27.0. The third-order valence-corrected chi connectivity index (χ3v) is 10.0. The van der Waals surface area contributed by atoms with Crippen molar-refractivity contribution in [2.24, 2.45) is 0 Å². The molecule has 0 unspecified atom stereocenters. The van der Waals surface area contributed by atoms with Crippen LogP contribution in [0.15, 0.2) is 119 Å². The molecule has 4 aromatic carbocycles. The Morgan fingerprint density at radius 2 is 1.18 bits per heavy atom. The van der Waals surface area contributed by atoms with Gasteiger partial charge in [0, 0.05) is 44.0 Å². The number of hydrogen-bond donors (Lipinski definition) is 1. The van der Waals surface area contributed by atoms with E-state index < -0.39 is 5.97 Å². The highest BCUT2D eigenvalue weighted by molar-refractivity contribution is 7.08. The van der Waals surface area contributed by atoms with Crippen molar-refractivity contribution in [2.45, 2.75) is 12.8 Å². The van der Waals surface area contributed by atoms with Crippen molar-refractivity contribution in [1.29, 1.82) is 0 Å². The lowest BCUT2D eigenvalue weighted by molar-refractivity contribution is 0.0598. The Kier molecular flexibility index (Phi) is 10.0. The molecule has 0 aliphatic carbocycles. The Hall–Kier alpha value is -5.26. The molecule has 8 aromatic rings.